The van der Waals surface area contributed by atoms with Gasteiger partial charge >= 0.3 is 57.4 Å². The predicted molar refractivity (Wildman–Crippen MR) is 74.9 cm³/mol. The van der Waals surface area contributed by atoms with E-state index in [2.05, 4.69) is 0 Å². The molecule has 0 aliphatic heterocycles. The van der Waals surface area contributed by atoms with E-state index in [0.717, 1.165) is 0 Å². The number of aliphatic hydroxyl groups is 10. The Morgan fingerprint density at radius 3 is 1.19 bits per heavy atom. The zero-order valence-corrected chi connectivity index (χ0v) is 17.3. The second kappa shape index (κ2) is 16.0. The number of carbonyl (C=O) groups excluding carboxylic acids is 1. The van der Waals surface area contributed by atoms with Crippen LogP contribution in [0.3, 0.4) is 0 Å². The van der Waals surface area contributed by atoms with E-state index >= 15 is 0 Å². The summed E-state index contributed by atoms with van der Waals surface area (Å²) in [7, 11) is 0. The molecule has 0 aliphatic carbocycles. The van der Waals surface area contributed by atoms with Crippen molar-refractivity contribution in [3.8, 4) is 0 Å². The van der Waals surface area contributed by atoms with Gasteiger partial charge in [0.25, 0.3) is 0 Å². The summed E-state index contributed by atoms with van der Waals surface area (Å²) in [6.07, 6.45) is -15.9. The van der Waals surface area contributed by atoms with Gasteiger partial charge < -0.3 is 66.1 Å². The van der Waals surface area contributed by atoms with Crippen LogP contribution in [0.25, 0.3) is 0 Å². The van der Waals surface area contributed by atoms with Gasteiger partial charge in [0.1, 0.15) is 42.7 Å². The molecule has 0 fully saturated rings. The second-order valence-corrected chi connectivity index (χ2v) is 5.01. The van der Waals surface area contributed by atoms with E-state index in [1.165, 1.54) is 0 Å². The summed E-state index contributed by atoms with van der Waals surface area (Å²) in [4.78, 5) is 20.1. The molecule has 156 valence electrons. The maximum Gasteiger partial charge on any atom is 1.00 e. The Bertz CT molecular complexity index is 385. The average Bonchev–Trinajstić information content (AvgIpc) is 2.62. The Hall–Kier alpha value is 0.176. The van der Waals surface area contributed by atoms with Gasteiger partial charge in [-0.1, -0.05) is 0 Å². The SMILES string of the molecule is O=C(O)C(O)C(O)C(O)C(O)CO.O=C([O-])C(O)C(O)C(O)C(O)CO.[K+]. The molecule has 8 atom stereocenters. The van der Waals surface area contributed by atoms with Gasteiger partial charge in [0.15, 0.2) is 6.10 Å². The number of rotatable bonds is 10. The first-order valence-electron chi connectivity index (χ1n) is 6.93. The summed E-state index contributed by atoms with van der Waals surface area (Å²) in [5.41, 5.74) is 0. The Kier molecular flexibility index (Phi) is 18.9. The van der Waals surface area contributed by atoms with Crippen LogP contribution in [0.5, 0.6) is 0 Å². The Morgan fingerprint density at radius 2 is 0.963 bits per heavy atom. The first-order chi connectivity index (χ1) is 11.8. The summed E-state index contributed by atoms with van der Waals surface area (Å²) in [6, 6.07) is 0. The Morgan fingerprint density at radius 1 is 0.667 bits per heavy atom. The molecule has 15 heteroatoms. The molecule has 0 bridgehead atoms. The summed E-state index contributed by atoms with van der Waals surface area (Å²) < 4.78 is 0. The summed E-state index contributed by atoms with van der Waals surface area (Å²) in [5.74, 6) is -3.70. The molecule has 14 nitrogen and oxygen atoms in total. The van der Waals surface area contributed by atoms with E-state index < -0.39 is 74.0 Å². The largest absolute Gasteiger partial charge is 1.00 e. The van der Waals surface area contributed by atoms with Crippen molar-refractivity contribution in [2.45, 2.75) is 48.8 Å². The van der Waals surface area contributed by atoms with Crippen LogP contribution >= 0.6 is 0 Å². The van der Waals surface area contributed by atoms with Crippen molar-refractivity contribution in [3.05, 3.63) is 0 Å². The van der Waals surface area contributed by atoms with E-state index in [1.807, 2.05) is 0 Å². The van der Waals surface area contributed by atoms with Crippen LogP contribution in [0.15, 0.2) is 0 Å². The van der Waals surface area contributed by atoms with Gasteiger partial charge in [-0.05, 0) is 0 Å². The zero-order valence-electron chi connectivity index (χ0n) is 14.2. The van der Waals surface area contributed by atoms with Crippen molar-refractivity contribution in [3.63, 3.8) is 0 Å². The van der Waals surface area contributed by atoms with Crippen LogP contribution in [-0.2, 0) is 9.59 Å². The smallest absolute Gasteiger partial charge is 0.547 e. The zero-order chi connectivity index (χ0) is 21.2. The first-order valence-corrected chi connectivity index (χ1v) is 6.93. The van der Waals surface area contributed by atoms with Gasteiger partial charge in [-0.25, -0.2) is 4.79 Å². The van der Waals surface area contributed by atoms with E-state index in [9.17, 15) is 14.7 Å². The molecule has 27 heavy (non-hydrogen) atoms. The Labute approximate surface area is 195 Å². The molecule has 0 radical (unpaired) electrons. The van der Waals surface area contributed by atoms with E-state index in [0.29, 0.717) is 0 Å². The van der Waals surface area contributed by atoms with Gasteiger partial charge in [0.2, 0.25) is 0 Å². The first kappa shape index (κ1) is 31.9. The molecule has 0 aromatic carbocycles. The molecule has 0 spiro atoms. The van der Waals surface area contributed by atoms with Crippen LogP contribution in [0.4, 0.5) is 0 Å². The van der Waals surface area contributed by atoms with Gasteiger partial charge in [0.05, 0.1) is 19.2 Å². The predicted octanol–water partition coefficient (Wildman–Crippen LogP) is -11.3. The van der Waals surface area contributed by atoms with Crippen LogP contribution in [0.1, 0.15) is 0 Å². The molecule has 0 rings (SSSR count). The molecule has 0 saturated heterocycles. The second-order valence-electron chi connectivity index (χ2n) is 5.01. The minimum Gasteiger partial charge on any atom is -0.547 e. The normalized spacial score (nSPS) is 19.6. The molecule has 0 aromatic heterocycles. The van der Waals surface area contributed by atoms with Crippen molar-refractivity contribution in [2.75, 3.05) is 13.2 Å². The fourth-order valence-electron chi connectivity index (χ4n) is 1.33. The van der Waals surface area contributed by atoms with E-state index in [4.69, 9.17) is 56.2 Å². The molecule has 8 unspecified atom stereocenters. The summed E-state index contributed by atoms with van der Waals surface area (Å²) >= 11 is 0. The number of hydrogen-bond acceptors (Lipinski definition) is 13. The molecule has 0 heterocycles. The van der Waals surface area contributed by atoms with Gasteiger partial charge in [-0.2, -0.15) is 0 Å². The quantitative estimate of drug-likeness (QED) is 0.144. The van der Waals surface area contributed by atoms with Crippen LogP contribution in [-0.4, -0.2) is 130 Å². The number of carbonyl (C=O) groups is 2. The molecule has 0 aliphatic rings. The van der Waals surface area contributed by atoms with Gasteiger partial charge in [0, 0.05) is 0 Å². The molecule has 0 amide bonds. The fourth-order valence-corrected chi connectivity index (χ4v) is 1.33. The standard InChI is InChI=1S/2C6H12O7.K/c2*7-1-2(8)3(9)4(10)5(11)6(12)13;/h2*2-5,7-11H,1H2,(H,12,13);/q;;+1/p-1. The number of aliphatic carboxylic acids is 2. The molecule has 11 N–H and O–H groups in total. The number of carboxylic acid groups (broad SMARTS) is 2. The van der Waals surface area contributed by atoms with E-state index in [1.54, 1.807) is 0 Å². The fraction of sp³-hybridized carbons (Fsp3) is 0.833. The number of hydrogen-bond donors (Lipinski definition) is 11. The molecule has 0 saturated carbocycles. The Balaban J connectivity index is -0.000000411. The van der Waals surface area contributed by atoms with Gasteiger partial charge in [-0.15, -0.1) is 0 Å². The third-order valence-corrected chi connectivity index (χ3v) is 3.00. The van der Waals surface area contributed by atoms with Crippen molar-refractivity contribution >= 4 is 11.9 Å². The minimum atomic E-state index is -2.31. The van der Waals surface area contributed by atoms with Crippen molar-refractivity contribution in [1.29, 1.82) is 0 Å². The number of carboxylic acids is 2. The summed E-state index contributed by atoms with van der Waals surface area (Å²) in [5, 5.41) is 105. The third kappa shape index (κ3) is 11.7. The molecular weight excluding hydrogens is 407 g/mol. The maximum absolute atomic E-state index is 10.1. The van der Waals surface area contributed by atoms with Crippen LogP contribution in [0.2, 0.25) is 0 Å². The topological polar surface area (TPSA) is 280 Å². The average molecular weight is 430 g/mol. The summed E-state index contributed by atoms with van der Waals surface area (Å²) in [6.45, 7) is -1.71. The third-order valence-electron chi connectivity index (χ3n) is 3.00. The molecular formula is C12H23KO14. The van der Waals surface area contributed by atoms with Gasteiger partial charge in [-0.3, -0.25) is 0 Å². The van der Waals surface area contributed by atoms with Crippen LogP contribution in [0, 0.1) is 0 Å². The van der Waals surface area contributed by atoms with Crippen LogP contribution < -0.4 is 56.5 Å². The van der Waals surface area contributed by atoms with E-state index in [-0.39, 0.29) is 51.4 Å². The number of aliphatic hydroxyl groups excluding tert-OH is 10. The van der Waals surface area contributed by atoms with Crippen molar-refractivity contribution in [2.24, 2.45) is 0 Å². The maximum atomic E-state index is 10.1. The molecule has 0 aromatic rings. The van der Waals surface area contributed by atoms with Crippen molar-refractivity contribution in [1.82, 2.24) is 0 Å². The monoisotopic (exact) mass is 430 g/mol. The van der Waals surface area contributed by atoms with Crippen molar-refractivity contribution < 1.29 is 122 Å². The minimum absolute atomic E-state index is 0.